The molecule has 1 aromatic carbocycles. The molecule has 0 N–H and O–H groups in total. The third kappa shape index (κ3) is 5.19. The molecule has 118 valence electrons. The van der Waals surface area contributed by atoms with Crippen LogP contribution < -0.4 is 4.74 Å². The highest BCUT2D eigenvalue weighted by atomic mass is 35.7. The maximum absolute atomic E-state index is 11.2. The number of benzene rings is 1. The normalized spacial score (nSPS) is 23.0. The molecule has 0 radical (unpaired) electrons. The topological polar surface area (TPSA) is 43.4 Å². The first-order chi connectivity index (χ1) is 9.99. The van der Waals surface area contributed by atoms with Gasteiger partial charge in [0, 0.05) is 10.7 Å². The van der Waals surface area contributed by atoms with Gasteiger partial charge in [-0.05, 0) is 48.9 Å². The third-order valence-electron chi connectivity index (χ3n) is 4.25. The third-order valence-corrected chi connectivity index (χ3v) is 5.62. The van der Waals surface area contributed by atoms with Crippen molar-refractivity contribution < 1.29 is 13.2 Å². The van der Waals surface area contributed by atoms with Crippen molar-refractivity contribution in [1.82, 2.24) is 0 Å². The Morgan fingerprint density at radius 2 is 1.67 bits per heavy atom. The minimum absolute atomic E-state index is 0.108. The van der Waals surface area contributed by atoms with E-state index < -0.39 is 9.05 Å². The second kappa shape index (κ2) is 7.50. The molecule has 2 rings (SSSR count). The van der Waals surface area contributed by atoms with Gasteiger partial charge in [-0.3, -0.25) is 0 Å². The van der Waals surface area contributed by atoms with Gasteiger partial charge >= 0.3 is 0 Å². The summed E-state index contributed by atoms with van der Waals surface area (Å²) in [5.74, 6) is 2.23. The molecule has 1 aromatic rings. The summed E-state index contributed by atoms with van der Waals surface area (Å²) < 4.78 is 28.1. The van der Waals surface area contributed by atoms with E-state index in [0.717, 1.165) is 5.92 Å². The van der Waals surface area contributed by atoms with Crippen LogP contribution in [0.3, 0.4) is 0 Å². The van der Waals surface area contributed by atoms with Gasteiger partial charge in [-0.2, -0.15) is 0 Å². The predicted octanol–water partition coefficient (Wildman–Crippen LogP) is 4.60. The van der Waals surface area contributed by atoms with E-state index in [2.05, 4.69) is 6.92 Å². The maximum Gasteiger partial charge on any atom is 0.261 e. The fraction of sp³-hybridized carbons (Fsp3) is 0.625. The van der Waals surface area contributed by atoms with Crippen molar-refractivity contribution in [3.8, 4) is 5.75 Å². The molecule has 0 spiro atoms. The van der Waals surface area contributed by atoms with Crippen molar-refractivity contribution in [2.75, 3.05) is 6.61 Å². The number of hydrogen-bond donors (Lipinski definition) is 0. The molecule has 0 heterocycles. The lowest BCUT2D eigenvalue weighted by molar-refractivity contribution is 0.178. The van der Waals surface area contributed by atoms with E-state index in [-0.39, 0.29) is 4.90 Å². The zero-order chi connectivity index (χ0) is 15.3. The SMILES string of the molecule is CCCC1CCC(COc2ccc(S(=O)(=O)Cl)cc2)CC1. The lowest BCUT2D eigenvalue weighted by Crippen LogP contribution is -2.20. The van der Waals surface area contributed by atoms with Crippen LogP contribution in [0.2, 0.25) is 0 Å². The van der Waals surface area contributed by atoms with Crippen molar-refractivity contribution in [3.05, 3.63) is 24.3 Å². The van der Waals surface area contributed by atoms with E-state index in [1.165, 1.54) is 50.7 Å². The Morgan fingerprint density at radius 3 is 2.19 bits per heavy atom. The monoisotopic (exact) mass is 330 g/mol. The van der Waals surface area contributed by atoms with Crippen LogP contribution in [-0.4, -0.2) is 15.0 Å². The molecule has 0 saturated heterocycles. The largest absolute Gasteiger partial charge is 0.493 e. The van der Waals surface area contributed by atoms with Crippen LogP contribution >= 0.6 is 10.7 Å². The van der Waals surface area contributed by atoms with E-state index in [1.807, 2.05) is 0 Å². The number of hydrogen-bond acceptors (Lipinski definition) is 3. The van der Waals surface area contributed by atoms with Crippen LogP contribution in [0.15, 0.2) is 29.2 Å². The molecule has 1 fully saturated rings. The summed E-state index contributed by atoms with van der Waals surface area (Å²) in [6.45, 7) is 2.96. The zero-order valence-electron chi connectivity index (χ0n) is 12.4. The number of ether oxygens (including phenoxy) is 1. The first kappa shape index (κ1) is 16.6. The molecule has 0 unspecified atom stereocenters. The quantitative estimate of drug-likeness (QED) is 0.716. The van der Waals surface area contributed by atoms with Crippen molar-refractivity contribution in [2.24, 2.45) is 11.8 Å². The Bertz CT molecular complexity index is 531. The van der Waals surface area contributed by atoms with E-state index >= 15 is 0 Å². The lowest BCUT2D eigenvalue weighted by atomic mass is 9.80. The molecular weight excluding hydrogens is 308 g/mol. The highest BCUT2D eigenvalue weighted by molar-refractivity contribution is 8.13. The van der Waals surface area contributed by atoms with Crippen LogP contribution in [-0.2, 0) is 9.05 Å². The molecule has 21 heavy (non-hydrogen) atoms. The molecule has 0 amide bonds. The van der Waals surface area contributed by atoms with Gasteiger partial charge < -0.3 is 4.74 Å². The molecule has 0 aliphatic heterocycles. The van der Waals surface area contributed by atoms with Gasteiger partial charge in [0.05, 0.1) is 11.5 Å². The van der Waals surface area contributed by atoms with Gasteiger partial charge in [0.25, 0.3) is 9.05 Å². The average Bonchev–Trinajstić information content (AvgIpc) is 2.46. The van der Waals surface area contributed by atoms with Crippen LogP contribution in [0.25, 0.3) is 0 Å². The van der Waals surface area contributed by atoms with Gasteiger partial charge in [-0.25, -0.2) is 8.42 Å². The summed E-state index contributed by atoms with van der Waals surface area (Å²) in [4.78, 5) is 0.108. The van der Waals surface area contributed by atoms with Crippen LogP contribution in [0.5, 0.6) is 5.75 Å². The van der Waals surface area contributed by atoms with Crippen LogP contribution in [0, 0.1) is 11.8 Å². The summed E-state index contributed by atoms with van der Waals surface area (Å²) in [6, 6.07) is 6.29. The first-order valence-corrected chi connectivity index (χ1v) is 9.97. The summed E-state index contributed by atoms with van der Waals surface area (Å²) in [7, 11) is 1.63. The second-order valence-corrected chi connectivity index (χ2v) is 8.46. The lowest BCUT2D eigenvalue weighted by Gasteiger charge is -2.28. The molecular formula is C16H23ClO3S. The maximum atomic E-state index is 11.2. The standard InChI is InChI=1S/C16H23ClO3S/c1-2-3-13-4-6-14(7-5-13)12-20-15-8-10-16(11-9-15)21(17,18)19/h8-11,13-14H,2-7,12H2,1H3. The van der Waals surface area contributed by atoms with E-state index in [9.17, 15) is 8.42 Å². The Labute approximate surface area is 132 Å². The minimum atomic E-state index is -3.65. The van der Waals surface area contributed by atoms with Gasteiger partial charge in [0.15, 0.2) is 0 Å². The fourth-order valence-electron chi connectivity index (χ4n) is 3.01. The Kier molecular flexibility index (Phi) is 5.94. The average molecular weight is 331 g/mol. The van der Waals surface area contributed by atoms with Crippen LogP contribution in [0.4, 0.5) is 0 Å². The minimum Gasteiger partial charge on any atom is -0.493 e. The number of rotatable bonds is 6. The van der Waals surface area contributed by atoms with Crippen molar-refractivity contribution in [3.63, 3.8) is 0 Å². The Hall–Kier alpha value is -0.740. The molecule has 1 aliphatic rings. The molecule has 0 bridgehead atoms. The Balaban J connectivity index is 1.79. The molecule has 3 nitrogen and oxygen atoms in total. The van der Waals surface area contributed by atoms with Crippen molar-refractivity contribution >= 4 is 19.7 Å². The Morgan fingerprint density at radius 1 is 1.10 bits per heavy atom. The fourth-order valence-corrected chi connectivity index (χ4v) is 3.78. The zero-order valence-corrected chi connectivity index (χ0v) is 14.0. The molecule has 0 aromatic heterocycles. The van der Waals surface area contributed by atoms with E-state index in [1.54, 1.807) is 12.1 Å². The van der Waals surface area contributed by atoms with Crippen LogP contribution in [0.1, 0.15) is 45.4 Å². The second-order valence-electron chi connectivity index (χ2n) is 5.90. The summed E-state index contributed by atoms with van der Waals surface area (Å²) >= 11 is 0. The smallest absolute Gasteiger partial charge is 0.261 e. The van der Waals surface area contributed by atoms with E-state index in [0.29, 0.717) is 18.3 Å². The van der Waals surface area contributed by atoms with Crippen molar-refractivity contribution in [1.29, 1.82) is 0 Å². The predicted molar refractivity (Wildman–Crippen MR) is 85.3 cm³/mol. The van der Waals surface area contributed by atoms with E-state index in [4.69, 9.17) is 15.4 Å². The summed E-state index contributed by atoms with van der Waals surface area (Å²) in [5.41, 5.74) is 0. The highest BCUT2D eigenvalue weighted by Crippen LogP contribution is 2.32. The first-order valence-electron chi connectivity index (χ1n) is 7.66. The highest BCUT2D eigenvalue weighted by Gasteiger charge is 2.21. The summed E-state index contributed by atoms with van der Waals surface area (Å²) in [5, 5.41) is 0. The summed E-state index contributed by atoms with van der Waals surface area (Å²) in [6.07, 6.45) is 7.72. The molecule has 1 aliphatic carbocycles. The molecule has 1 saturated carbocycles. The molecule has 0 atom stereocenters. The number of halogens is 1. The van der Waals surface area contributed by atoms with Gasteiger partial charge in [0.1, 0.15) is 5.75 Å². The van der Waals surface area contributed by atoms with Crippen molar-refractivity contribution in [2.45, 2.75) is 50.3 Å². The molecule has 5 heteroatoms. The van der Waals surface area contributed by atoms with Gasteiger partial charge in [-0.15, -0.1) is 0 Å². The van der Waals surface area contributed by atoms with Gasteiger partial charge in [-0.1, -0.05) is 32.6 Å². The van der Waals surface area contributed by atoms with Gasteiger partial charge in [0.2, 0.25) is 0 Å².